The highest BCUT2D eigenvalue weighted by Gasteiger charge is 2.51. The molecular formula is C9H10N4O3. The van der Waals surface area contributed by atoms with Crippen molar-refractivity contribution < 1.29 is 9.66 Å². The van der Waals surface area contributed by atoms with Crippen molar-refractivity contribution in [1.82, 2.24) is 15.2 Å². The number of hydrogen-bond donors (Lipinski definition) is 1. The van der Waals surface area contributed by atoms with Gasteiger partial charge in [0.1, 0.15) is 18.1 Å². The Morgan fingerprint density at radius 1 is 1.62 bits per heavy atom. The van der Waals surface area contributed by atoms with Crippen LogP contribution in [0.1, 0.15) is 11.7 Å². The van der Waals surface area contributed by atoms with Crippen LogP contribution in [0.25, 0.3) is 0 Å². The number of nitro groups is 1. The first kappa shape index (κ1) is 10.5. The van der Waals surface area contributed by atoms with Crippen LogP contribution in [0.3, 0.4) is 0 Å². The lowest BCUT2D eigenvalue weighted by Gasteiger charge is -2.27. The molecule has 1 aromatic rings. The highest BCUT2D eigenvalue weighted by Crippen LogP contribution is 2.34. The van der Waals surface area contributed by atoms with Crippen LogP contribution in [0, 0.1) is 10.1 Å². The smallest absolute Gasteiger partial charge is 0.314 e. The SMILES string of the molecule is COC1([N+](=O)[O-])C=CC=CC1c1ncn[nH]1. The van der Waals surface area contributed by atoms with Crippen molar-refractivity contribution in [2.24, 2.45) is 0 Å². The molecule has 7 nitrogen and oxygen atoms in total. The zero-order chi connectivity index (χ0) is 11.6. The number of H-pyrrole nitrogens is 1. The summed E-state index contributed by atoms with van der Waals surface area (Å²) in [5, 5.41) is 17.5. The maximum atomic E-state index is 11.1. The third-order valence-electron chi connectivity index (χ3n) is 2.54. The third kappa shape index (κ3) is 1.41. The Balaban J connectivity index is 2.46. The third-order valence-corrected chi connectivity index (χ3v) is 2.54. The molecule has 7 heteroatoms. The van der Waals surface area contributed by atoms with Crippen LogP contribution in [0.15, 0.2) is 30.6 Å². The van der Waals surface area contributed by atoms with Gasteiger partial charge in [-0.2, -0.15) is 5.10 Å². The average molecular weight is 222 g/mol. The molecule has 0 spiro atoms. The van der Waals surface area contributed by atoms with Gasteiger partial charge in [-0.05, 0) is 0 Å². The van der Waals surface area contributed by atoms with Crippen LogP contribution in [0.4, 0.5) is 0 Å². The van der Waals surface area contributed by atoms with Gasteiger partial charge < -0.3 is 4.74 Å². The maximum absolute atomic E-state index is 11.1. The summed E-state index contributed by atoms with van der Waals surface area (Å²) >= 11 is 0. The molecule has 0 aromatic carbocycles. The van der Waals surface area contributed by atoms with Gasteiger partial charge in [0, 0.05) is 13.2 Å². The number of ether oxygens (including phenoxy) is 1. The Morgan fingerprint density at radius 3 is 3.00 bits per heavy atom. The number of hydrogen-bond acceptors (Lipinski definition) is 5. The summed E-state index contributed by atoms with van der Waals surface area (Å²) in [4.78, 5) is 14.6. The summed E-state index contributed by atoms with van der Waals surface area (Å²) in [5.41, 5.74) is -1.62. The second kappa shape index (κ2) is 3.86. The van der Waals surface area contributed by atoms with Gasteiger partial charge in [0.2, 0.25) is 0 Å². The number of allylic oxidation sites excluding steroid dienone is 2. The first-order chi connectivity index (χ1) is 7.70. The largest absolute Gasteiger partial charge is 0.357 e. The minimum Gasteiger partial charge on any atom is -0.314 e. The van der Waals surface area contributed by atoms with E-state index in [1.165, 1.54) is 19.5 Å². The first-order valence-electron chi connectivity index (χ1n) is 4.61. The fraction of sp³-hybridized carbons (Fsp3) is 0.333. The Labute approximate surface area is 91.0 Å². The molecule has 0 fully saturated rings. The normalized spacial score (nSPS) is 28.2. The van der Waals surface area contributed by atoms with Crippen molar-refractivity contribution in [3.05, 3.63) is 46.6 Å². The predicted octanol–water partition coefficient (Wildman–Crippen LogP) is 0.634. The second-order valence-electron chi connectivity index (χ2n) is 3.31. The van der Waals surface area contributed by atoms with Crippen molar-refractivity contribution in [3.63, 3.8) is 0 Å². The monoisotopic (exact) mass is 222 g/mol. The van der Waals surface area contributed by atoms with Crippen LogP contribution >= 0.6 is 0 Å². The number of methoxy groups -OCH3 is 1. The van der Waals surface area contributed by atoms with E-state index in [4.69, 9.17) is 4.74 Å². The Bertz CT molecular complexity index is 440. The molecule has 0 bridgehead atoms. The first-order valence-corrected chi connectivity index (χ1v) is 4.61. The highest BCUT2D eigenvalue weighted by molar-refractivity contribution is 5.26. The van der Waals surface area contributed by atoms with E-state index in [1.807, 2.05) is 0 Å². The Kier molecular flexibility index (Phi) is 2.53. The van der Waals surface area contributed by atoms with Gasteiger partial charge in [0.05, 0.1) is 4.92 Å². The van der Waals surface area contributed by atoms with Crippen LogP contribution in [-0.2, 0) is 4.74 Å². The van der Waals surface area contributed by atoms with Crippen molar-refractivity contribution in [2.75, 3.05) is 7.11 Å². The fourth-order valence-corrected chi connectivity index (χ4v) is 1.71. The van der Waals surface area contributed by atoms with Crippen LogP contribution in [-0.4, -0.2) is 32.9 Å². The number of rotatable bonds is 3. The van der Waals surface area contributed by atoms with E-state index in [0.29, 0.717) is 5.82 Å². The summed E-state index contributed by atoms with van der Waals surface area (Å²) in [6, 6.07) is 0. The number of aromatic amines is 1. The van der Waals surface area contributed by atoms with Gasteiger partial charge in [-0.3, -0.25) is 15.2 Å². The minimum absolute atomic E-state index is 0.402. The van der Waals surface area contributed by atoms with Crippen molar-refractivity contribution in [2.45, 2.75) is 11.6 Å². The molecule has 1 N–H and O–H groups in total. The van der Waals surface area contributed by atoms with Crippen molar-refractivity contribution in [1.29, 1.82) is 0 Å². The lowest BCUT2D eigenvalue weighted by molar-refractivity contribution is -0.614. The van der Waals surface area contributed by atoms with Crippen LogP contribution < -0.4 is 0 Å². The van der Waals surface area contributed by atoms with Gasteiger partial charge in [-0.15, -0.1) is 0 Å². The molecule has 1 heterocycles. The summed E-state index contributed by atoms with van der Waals surface area (Å²) in [5.74, 6) is -0.209. The zero-order valence-electron chi connectivity index (χ0n) is 8.53. The minimum atomic E-state index is -1.62. The summed E-state index contributed by atoms with van der Waals surface area (Å²) in [7, 11) is 1.30. The van der Waals surface area contributed by atoms with E-state index in [-0.39, 0.29) is 0 Å². The molecule has 16 heavy (non-hydrogen) atoms. The molecule has 84 valence electrons. The molecule has 1 aliphatic rings. The van der Waals surface area contributed by atoms with E-state index in [1.54, 1.807) is 18.2 Å². The topological polar surface area (TPSA) is 93.9 Å². The molecule has 2 atom stereocenters. The zero-order valence-corrected chi connectivity index (χ0v) is 8.53. The second-order valence-corrected chi connectivity index (χ2v) is 3.31. The Hall–Kier alpha value is -2.02. The van der Waals surface area contributed by atoms with Crippen molar-refractivity contribution in [3.8, 4) is 0 Å². The van der Waals surface area contributed by atoms with E-state index >= 15 is 0 Å². The van der Waals surface area contributed by atoms with Gasteiger partial charge >= 0.3 is 5.72 Å². The van der Waals surface area contributed by atoms with E-state index in [9.17, 15) is 10.1 Å². The lowest BCUT2D eigenvalue weighted by atomic mass is 9.90. The quantitative estimate of drug-likeness (QED) is 0.460. The average Bonchev–Trinajstić information content (AvgIpc) is 2.81. The molecule has 2 rings (SSSR count). The van der Waals surface area contributed by atoms with E-state index in [2.05, 4.69) is 15.2 Å². The number of nitrogens with one attached hydrogen (secondary N) is 1. The van der Waals surface area contributed by atoms with Crippen molar-refractivity contribution >= 4 is 0 Å². The molecule has 0 amide bonds. The summed E-state index contributed by atoms with van der Waals surface area (Å²) in [6.07, 6.45) is 7.67. The number of nitrogens with zero attached hydrogens (tertiary/aromatic N) is 3. The van der Waals surface area contributed by atoms with E-state index < -0.39 is 16.6 Å². The molecule has 2 unspecified atom stereocenters. The highest BCUT2D eigenvalue weighted by atomic mass is 16.7. The Morgan fingerprint density at radius 2 is 2.44 bits per heavy atom. The molecule has 0 aliphatic heterocycles. The molecule has 0 saturated carbocycles. The molecule has 1 aromatic heterocycles. The van der Waals surface area contributed by atoms with Crippen LogP contribution in [0.5, 0.6) is 0 Å². The molecule has 1 aliphatic carbocycles. The predicted molar refractivity (Wildman–Crippen MR) is 54.1 cm³/mol. The molecule has 0 radical (unpaired) electrons. The fourth-order valence-electron chi connectivity index (χ4n) is 1.71. The van der Waals surface area contributed by atoms with Gasteiger partial charge in [-0.1, -0.05) is 18.2 Å². The standard InChI is InChI=1S/C9H10N4O3/c1-16-9(13(14)15)5-3-2-4-7(9)8-10-6-11-12-8/h2-7H,1H3,(H,10,11,12). The van der Waals surface area contributed by atoms with Gasteiger partial charge in [-0.25, -0.2) is 4.98 Å². The number of aromatic nitrogens is 3. The van der Waals surface area contributed by atoms with Gasteiger partial charge in [0.15, 0.2) is 0 Å². The molecule has 0 saturated heterocycles. The summed E-state index contributed by atoms with van der Waals surface area (Å²) < 4.78 is 5.05. The van der Waals surface area contributed by atoms with E-state index in [0.717, 1.165) is 0 Å². The molecular weight excluding hydrogens is 212 g/mol. The van der Waals surface area contributed by atoms with Crippen LogP contribution in [0.2, 0.25) is 0 Å². The summed E-state index contributed by atoms with van der Waals surface area (Å²) in [6.45, 7) is 0. The van der Waals surface area contributed by atoms with Gasteiger partial charge in [0.25, 0.3) is 0 Å². The maximum Gasteiger partial charge on any atom is 0.357 e. The lowest BCUT2D eigenvalue weighted by Crippen LogP contribution is -2.45.